The molecule has 1 aliphatic rings. The highest BCUT2D eigenvalue weighted by Gasteiger charge is 2.25. The Balaban J connectivity index is 2.18. The molecule has 2 N–H and O–H groups in total. The van der Waals surface area contributed by atoms with Crippen molar-refractivity contribution in [1.82, 2.24) is 4.90 Å². The number of halogens is 1. The van der Waals surface area contributed by atoms with Crippen molar-refractivity contribution in [3.8, 4) is 0 Å². The van der Waals surface area contributed by atoms with E-state index in [1.807, 2.05) is 29.2 Å². The van der Waals surface area contributed by atoms with Crippen LogP contribution in [0.15, 0.2) is 24.3 Å². The fourth-order valence-corrected chi connectivity index (χ4v) is 2.39. The number of benzene rings is 1. The number of amides is 1. The van der Waals surface area contributed by atoms with Gasteiger partial charge in [-0.1, -0.05) is 12.1 Å². The highest BCUT2D eigenvalue weighted by atomic mass is 127. The van der Waals surface area contributed by atoms with E-state index in [2.05, 4.69) is 22.6 Å². The van der Waals surface area contributed by atoms with E-state index in [4.69, 9.17) is 5.73 Å². The van der Waals surface area contributed by atoms with Crippen molar-refractivity contribution in [2.45, 2.75) is 12.5 Å². The van der Waals surface area contributed by atoms with E-state index < -0.39 is 0 Å². The van der Waals surface area contributed by atoms with Gasteiger partial charge in [0.25, 0.3) is 5.91 Å². The minimum Gasteiger partial charge on any atom is -0.337 e. The minimum atomic E-state index is 0.105. The number of carbonyl (C=O) groups excluding carboxylic acids is 1. The van der Waals surface area contributed by atoms with Crippen molar-refractivity contribution < 1.29 is 4.79 Å². The van der Waals surface area contributed by atoms with Gasteiger partial charge in [-0.3, -0.25) is 4.79 Å². The third kappa shape index (κ3) is 2.31. The van der Waals surface area contributed by atoms with Crippen LogP contribution in [-0.4, -0.2) is 29.9 Å². The molecule has 1 fully saturated rings. The average molecular weight is 316 g/mol. The maximum Gasteiger partial charge on any atom is 0.254 e. The second kappa shape index (κ2) is 4.49. The Labute approximate surface area is 103 Å². The first-order valence-electron chi connectivity index (χ1n) is 4.98. The first kappa shape index (κ1) is 10.9. The molecule has 1 aromatic rings. The van der Waals surface area contributed by atoms with Gasteiger partial charge in [-0.15, -0.1) is 0 Å². The summed E-state index contributed by atoms with van der Waals surface area (Å²) in [5.41, 5.74) is 6.57. The second-order valence-corrected chi connectivity index (χ2v) is 4.94. The molecule has 0 radical (unpaired) electrons. The fraction of sp³-hybridized carbons (Fsp3) is 0.364. The molecule has 0 aromatic heterocycles. The van der Waals surface area contributed by atoms with Gasteiger partial charge in [0.15, 0.2) is 0 Å². The van der Waals surface area contributed by atoms with Crippen molar-refractivity contribution in [2.75, 3.05) is 13.1 Å². The molecule has 4 heteroatoms. The molecular weight excluding hydrogens is 303 g/mol. The third-order valence-corrected chi connectivity index (χ3v) is 3.56. The van der Waals surface area contributed by atoms with Crippen LogP contribution < -0.4 is 5.73 Å². The summed E-state index contributed by atoms with van der Waals surface area (Å²) in [6.45, 7) is 1.47. The zero-order valence-corrected chi connectivity index (χ0v) is 10.5. The Hall–Kier alpha value is -0.620. The van der Waals surface area contributed by atoms with Crippen LogP contribution in [0, 0.1) is 3.57 Å². The van der Waals surface area contributed by atoms with E-state index in [-0.39, 0.29) is 11.9 Å². The maximum atomic E-state index is 12.1. The molecule has 0 saturated carbocycles. The molecule has 3 nitrogen and oxygen atoms in total. The van der Waals surface area contributed by atoms with Gasteiger partial charge in [-0.2, -0.15) is 0 Å². The Morgan fingerprint density at radius 3 is 2.80 bits per heavy atom. The fourth-order valence-electron chi connectivity index (χ4n) is 1.78. The van der Waals surface area contributed by atoms with Gasteiger partial charge in [0.2, 0.25) is 0 Å². The van der Waals surface area contributed by atoms with Gasteiger partial charge < -0.3 is 10.6 Å². The smallest absolute Gasteiger partial charge is 0.254 e. The van der Waals surface area contributed by atoms with Crippen LogP contribution in [0.4, 0.5) is 0 Å². The Bertz CT molecular complexity index is 381. The molecule has 1 aromatic carbocycles. The molecule has 15 heavy (non-hydrogen) atoms. The van der Waals surface area contributed by atoms with Gasteiger partial charge in [0.05, 0.1) is 5.56 Å². The predicted molar refractivity (Wildman–Crippen MR) is 67.7 cm³/mol. The van der Waals surface area contributed by atoms with Crippen LogP contribution in [0.3, 0.4) is 0 Å². The lowest BCUT2D eigenvalue weighted by atomic mass is 10.2. The zero-order valence-electron chi connectivity index (χ0n) is 8.32. The SMILES string of the molecule is N[C@H]1CCN(C(=O)c2ccccc2I)C1. The minimum absolute atomic E-state index is 0.105. The van der Waals surface area contributed by atoms with Crippen molar-refractivity contribution >= 4 is 28.5 Å². The molecule has 0 aliphatic carbocycles. The number of carbonyl (C=O) groups is 1. The molecule has 2 rings (SSSR count). The van der Waals surface area contributed by atoms with Crippen LogP contribution in [0.2, 0.25) is 0 Å². The summed E-state index contributed by atoms with van der Waals surface area (Å²) >= 11 is 2.19. The topological polar surface area (TPSA) is 46.3 Å². The van der Waals surface area contributed by atoms with E-state index in [0.717, 1.165) is 22.1 Å². The number of hydrogen-bond donors (Lipinski definition) is 1. The summed E-state index contributed by atoms with van der Waals surface area (Å²) in [5.74, 6) is 0.105. The van der Waals surface area contributed by atoms with Gasteiger partial charge in [0, 0.05) is 22.7 Å². The van der Waals surface area contributed by atoms with Gasteiger partial charge >= 0.3 is 0 Å². The van der Waals surface area contributed by atoms with Gasteiger partial charge in [-0.05, 0) is 41.1 Å². The zero-order chi connectivity index (χ0) is 10.8. The van der Waals surface area contributed by atoms with E-state index in [1.165, 1.54) is 0 Å². The van der Waals surface area contributed by atoms with E-state index in [0.29, 0.717) is 6.54 Å². The van der Waals surface area contributed by atoms with Crippen LogP contribution in [-0.2, 0) is 0 Å². The lowest BCUT2D eigenvalue weighted by molar-refractivity contribution is 0.0790. The summed E-state index contributed by atoms with van der Waals surface area (Å²) in [6, 6.07) is 7.80. The monoisotopic (exact) mass is 316 g/mol. The molecule has 1 amide bonds. The van der Waals surface area contributed by atoms with Crippen molar-refractivity contribution in [3.63, 3.8) is 0 Å². The summed E-state index contributed by atoms with van der Waals surface area (Å²) in [7, 11) is 0. The Morgan fingerprint density at radius 2 is 2.20 bits per heavy atom. The average Bonchev–Trinajstić information content (AvgIpc) is 2.65. The van der Waals surface area contributed by atoms with Crippen LogP contribution in [0.1, 0.15) is 16.8 Å². The van der Waals surface area contributed by atoms with Gasteiger partial charge in [0.1, 0.15) is 0 Å². The number of rotatable bonds is 1. The number of nitrogens with two attached hydrogens (primary N) is 1. The molecule has 1 aliphatic heterocycles. The van der Waals surface area contributed by atoms with Crippen LogP contribution in [0.5, 0.6) is 0 Å². The van der Waals surface area contributed by atoms with Gasteiger partial charge in [-0.25, -0.2) is 0 Å². The normalized spacial score (nSPS) is 20.7. The molecule has 1 saturated heterocycles. The van der Waals surface area contributed by atoms with Crippen molar-refractivity contribution in [1.29, 1.82) is 0 Å². The highest BCUT2D eigenvalue weighted by molar-refractivity contribution is 14.1. The number of hydrogen-bond acceptors (Lipinski definition) is 2. The third-order valence-electron chi connectivity index (χ3n) is 2.62. The lowest BCUT2D eigenvalue weighted by Gasteiger charge is -2.16. The summed E-state index contributed by atoms with van der Waals surface area (Å²) in [6.07, 6.45) is 0.912. The molecule has 0 unspecified atom stereocenters. The molecule has 1 atom stereocenters. The quantitative estimate of drug-likeness (QED) is 0.798. The molecule has 80 valence electrons. The first-order chi connectivity index (χ1) is 7.18. The van der Waals surface area contributed by atoms with E-state index >= 15 is 0 Å². The highest BCUT2D eigenvalue weighted by Crippen LogP contribution is 2.17. The summed E-state index contributed by atoms with van der Waals surface area (Å²) in [5, 5.41) is 0. The Kier molecular flexibility index (Phi) is 3.25. The maximum absolute atomic E-state index is 12.1. The second-order valence-electron chi connectivity index (χ2n) is 3.78. The molecule has 1 heterocycles. The predicted octanol–water partition coefficient (Wildman–Crippen LogP) is 1.46. The molecule has 0 spiro atoms. The van der Waals surface area contributed by atoms with Crippen LogP contribution in [0.25, 0.3) is 0 Å². The van der Waals surface area contributed by atoms with E-state index in [9.17, 15) is 4.79 Å². The standard InChI is InChI=1S/C11H13IN2O/c12-10-4-2-1-3-9(10)11(15)14-6-5-8(13)7-14/h1-4,8H,5-7,13H2/t8-/m0/s1. The van der Waals surface area contributed by atoms with Crippen LogP contribution >= 0.6 is 22.6 Å². The summed E-state index contributed by atoms with van der Waals surface area (Å²) in [4.78, 5) is 13.9. The van der Waals surface area contributed by atoms with Crippen molar-refractivity contribution in [2.24, 2.45) is 5.73 Å². The van der Waals surface area contributed by atoms with Crippen molar-refractivity contribution in [3.05, 3.63) is 33.4 Å². The summed E-state index contributed by atoms with van der Waals surface area (Å²) < 4.78 is 1.00. The Morgan fingerprint density at radius 1 is 1.47 bits per heavy atom. The lowest BCUT2D eigenvalue weighted by Crippen LogP contribution is -2.32. The molecule has 0 bridgehead atoms. The first-order valence-corrected chi connectivity index (χ1v) is 6.06. The van der Waals surface area contributed by atoms with E-state index in [1.54, 1.807) is 0 Å². The molecular formula is C11H13IN2O. The largest absolute Gasteiger partial charge is 0.337 e. The number of likely N-dealkylation sites (tertiary alicyclic amines) is 1. The number of nitrogens with zero attached hydrogens (tertiary/aromatic N) is 1.